The Morgan fingerprint density at radius 1 is 1.10 bits per heavy atom. The molecule has 0 bridgehead atoms. The highest BCUT2D eigenvalue weighted by atomic mass is 16.3. The molecular formula is C18H27NO. The zero-order valence-corrected chi connectivity index (χ0v) is 12.3. The molecular weight excluding hydrogens is 246 g/mol. The molecule has 3 rings (SSSR count). The Morgan fingerprint density at radius 2 is 1.90 bits per heavy atom. The van der Waals surface area contributed by atoms with Crippen LogP contribution in [0.1, 0.15) is 50.0 Å². The number of rotatable bonds is 7. The minimum Gasteiger partial charge on any atom is -0.396 e. The van der Waals surface area contributed by atoms with Crippen molar-refractivity contribution in [3.05, 3.63) is 35.9 Å². The lowest BCUT2D eigenvalue weighted by Gasteiger charge is -2.19. The summed E-state index contributed by atoms with van der Waals surface area (Å²) in [5.74, 6) is 2.11. The lowest BCUT2D eigenvalue weighted by Crippen LogP contribution is -2.33. The minimum absolute atomic E-state index is 0.346. The summed E-state index contributed by atoms with van der Waals surface area (Å²) in [5, 5.41) is 13.2. The van der Waals surface area contributed by atoms with Crippen LogP contribution in [0.4, 0.5) is 0 Å². The molecule has 1 aromatic carbocycles. The van der Waals surface area contributed by atoms with Gasteiger partial charge in [0.1, 0.15) is 0 Å². The van der Waals surface area contributed by atoms with Gasteiger partial charge in [0, 0.05) is 19.2 Å². The van der Waals surface area contributed by atoms with Gasteiger partial charge >= 0.3 is 0 Å². The van der Waals surface area contributed by atoms with Crippen LogP contribution in [0.2, 0.25) is 0 Å². The van der Waals surface area contributed by atoms with E-state index in [0.717, 1.165) is 18.4 Å². The number of hydrogen-bond acceptors (Lipinski definition) is 2. The Labute approximate surface area is 122 Å². The molecule has 0 saturated heterocycles. The molecule has 0 radical (unpaired) electrons. The first-order valence-electron chi connectivity index (χ1n) is 8.24. The second-order valence-electron chi connectivity index (χ2n) is 6.75. The highest BCUT2D eigenvalue weighted by Gasteiger charge is 2.28. The molecule has 2 saturated carbocycles. The fraction of sp³-hybridized carbons (Fsp3) is 0.667. The molecule has 20 heavy (non-hydrogen) atoms. The molecule has 2 aliphatic rings. The normalized spacial score (nSPS) is 27.6. The highest BCUT2D eigenvalue weighted by molar-refractivity contribution is 5.21. The van der Waals surface area contributed by atoms with Gasteiger partial charge in [-0.3, -0.25) is 0 Å². The summed E-state index contributed by atoms with van der Waals surface area (Å²) in [5.41, 5.74) is 1.49. The van der Waals surface area contributed by atoms with E-state index in [4.69, 9.17) is 0 Å². The second kappa shape index (κ2) is 6.73. The third-order valence-corrected chi connectivity index (χ3v) is 5.02. The van der Waals surface area contributed by atoms with Crippen LogP contribution in [0.15, 0.2) is 30.3 Å². The van der Waals surface area contributed by atoms with Crippen LogP contribution in [-0.2, 0) is 0 Å². The number of nitrogens with one attached hydrogen (secondary N) is 1. The van der Waals surface area contributed by atoms with Crippen LogP contribution in [0.5, 0.6) is 0 Å². The van der Waals surface area contributed by atoms with Crippen LogP contribution in [0.25, 0.3) is 0 Å². The average Bonchev–Trinajstić information content (AvgIpc) is 3.19. The molecule has 3 atom stereocenters. The van der Waals surface area contributed by atoms with Crippen LogP contribution < -0.4 is 5.32 Å². The number of hydrogen-bond donors (Lipinski definition) is 2. The molecule has 2 fully saturated rings. The van der Waals surface area contributed by atoms with Crippen molar-refractivity contribution in [1.82, 2.24) is 5.32 Å². The van der Waals surface area contributed by atoms with Gasteiger partial charge in [0.15, 0.2) is 0 Å². The van der Waals surface area contributed by atoms with Crippen molar-refractivity contribution in [1.29, 1.82) is 0 Å². The van der Waals surface area contributed by atoms with E-state index in [1.165, 1.54) is 44.1 Å². The van der Waals surface area contributed by atoms with Crippen LogP contribution in [-0.4, -0.2) is 24.3 Å². The van der Waals surface area contributed by atoms with Gasteiger partial charge in [-0.05, 0) is 49.0 Å². The molecule has 0 amide bonds. The molecule has 2 N–H and O–H groups in total. The maximum Gasteiger partial charge on any atom is 0.0471 e. The van der Waals surface area contributed by atoms with E-state index >= 15 is 0 Å². The van der Waals surface area contributed by atoms with E-state index in [1.54, 1.807) is 0 Å². The number of benzene rings is 1. The molecule has 2 heteroatoms. The maximum atomic E-state index is 9.47. The zero-order valence-electron chi connectivity index (χ0n) is 12.3. The summed E-state index contributed by atoms with van der Waals surface area (Å²) in [6.45, 7) is 1.34. The Morgan fingerprint density at radius 3 is 2.60 bits per heavy atom. The summed E-state index contributed by atoms with van der Waals surface area (Å²) in [7, 11) is 0. The predicted molar refractivity (Wildman–Crippen MR) is 82.7 cm³/mol. The monoisotopic (exact) mass is 273 g/mol. The molecule has 0 aliphatic heterocycles. The van der Waals surface area contributed by atoms with E-state index in [2.05, 4.69) is 35.6 Å². The molecule has 1 aromatic rings. The van der Waals surface area contributed by atoms with Gasteiger partial charge in [0.2, 0.25) is 0 Å². The van der Waals surface area contributed by atoms with Gasteiger partial charge in [-0.2, -0.15) is 0 Å². The van der Waals surface area contributed by atoms with Gasteiger partial charge in [-0.1, -0.05) is 43.2 Å². The van der Waals surface area contributed by atoms with Gasteiger partial charge in [-0.25, -0.2) is 0 Å². The lowest BCUT2D eigenvalue weighted by atomic mass is 9.97. The van der Waals surface area contributed by atoms with Crippen molar-refractivity contribution in [3.8, 4) is 0 Å². The summed E-state index contributed by atoms with van der Waals surface area (Å²) in [6.07, 6.45) is 7.82. The highest BCUT2D eigenvalue weighted by Crippen LogP contribution is 2.36. The van der Waals surface area contributed by atoms with E-state index in [9.17, 15) is 5.11 Å². The number of aliphatic hydroxyl groups excluding tert-OH is 1. The van der Waals surface area contributed by atoms with E-state index < -0.39 is 0 Å². The predicted octanol–water partition coefficient (Wildman–Crippen LogP) is 3.32. The third-order valence-electron chi connectivity index (χ3n) is 5.02. The Hall–Kier alpha value is -0.860. The SMILES string of the molecule is OCC(CNC1CCC(c2ccccc2)C1)CC1CC1. The Kier molecular flexibility index (Phi) is 4.74. The van der Waals surface area contributed by atoms with Crippen molar-refractivity contribution < 1.29 is 5.11 Å². The molecule has 0 aromatic heterocycles. The maximum absolute atomic E-state index is 9.47. The summed E-state index contributed by atoms with van der Waals surface area (Å²) in [4.78, 5) is 0. The van der Waals surface area contributed by atoms with Crippen molar-refractivity contribution in [3.63, 3.8) is 0 Å². The molecule has 0 spiro atoms. The van der Waals surface area contributed by atoms with E-state index in [1.807, 2.05) is 0 Å². The average molecular weight is 273 g/mol. The molecule has 110 valence electrons. The molecule has 2 aliphatic carbocycles. The fourth-order valence-corrected chi connectivity index (χ4v) is 3.58. The zero-order chi connectivity index (χ0) is 13.8. The van der Waals surface area contributed by atoms with Crippen molar-refractivity contribution >= 4 is 0 Å². The summed E-state index contributed by atoms with van der Waals surface area (Å²) in [6, 6.07) is 11.6. The van der Waals surface area contributed by atoms with Crippen LogP contribution >= 0.6 is 0 Å². The summed E-state index contributed by atoms with van der Waals surface area (Å²) >= 11 is 0. The smallest absolute Gasteiger partial charge is 0.0471 e. The van der Waals surface area contributed by atoms with Gasteiger partial charge < -0.3 is 10.4 Å². The van der Waals surface area contributed by atoms with Gasteiger partial charge in [-0.15, -0.1) is 0 Å². The first kappa shape index (κ1) is 14.1. The Balaban J connectivity index is 1.43. The standard InChI is InChI=1S/C18H27NO/c20-13-15(10-14-6-7-14)12-19-18-9-8-17(11-18)16-4-2-1-3-5-16/h1-5,14-15,17-20H,6-13H2. The van der Waals surface area contributed by atoms with Crippen LogP contribution in [0.3, 0.4) is 0 Å². The van der Waals surface area contributed by atoms with Crippen molar-refractivity contribution in [2.45, 2.75) is 50.5 Å². The van der Waals surface area contributed by atoms with Crippen molar-refractivity contribution in [2.24, 2.45) is 11.8 Å². The number of aliphatic hydroxyl groups is 1. The quantitative estimate of drug-likeness (QED) is 0.799. The largest absolute Gasteiger partial charge is 0.396 e. The third kappa shape index (κ3) is 3.83. The Bertz CT molecular complexity index is 401. The van der Waals surface area contributed by atoms with Gasteiger partial charge in [0.05, 0.1) is 0 Å². The lowest BCUT2D eigenvalue weighted by molar-refractivity contribution is 0.206. The van der Waals surface area contributed by atoms with Crippen molar-refractivity contribution in [2.75, 3.05) is 13.2 Å². The molecule has 0 heterocycles. The first-order chi connectivity index (χ1) is 9.85. The molecule has 3 unspecified atom stereocenters. The van der Waals surface area contributed by atoms with Gasteiger partial charge in [0.25, 0.3) is 0 Å². The van der Waals surface area contributed by atoms with E-state index in [-0.39, 0.29) is 0 Å². The second-order valence-corrected chi connectivity index (χ2v) is 6.75. The molecule has 2 nitrogen and oxygen atoms in total. The summed E-state index contributed by atoms with van der Waals surface area (Å²) < 4.78 is 0. The minimum atomic E-state index is 0.346. The fourth-order valence-electron chi connectivity index (χ4n) is 3.58. The van der Waals surface area contributed by atoms with Crippen LogP contribution in [0, 0.1) is 11.8 Å². The van der Waals surface area contributed by atoms with E-state index in [0.29, 0.717) is 18.6 Å². The first-order valence-corrected chi connectivity index (χ1v) is 8.24. The topological polar surface area (TPSA) is 32.3 Å².